The average molecular weight is 315 g/mol. The molecule has 0 saturated carbocycles. The van der Waals surface area contributed by atoms with Gasteiger partial charge in [0.05, 0.1) is 11.1 Å². The van der Waals surface area contributed by atoms with Crippen molar-refractivity contribution in [3.8, 4) is 17.1 Å². The van der Waals surface area contributed by atoms with Gasteiger partial charge in [0.15, 0.2) is 5.75 Å². The van der Waals surface area contributed by atoms with E-state index in [0.717, 1.165) is 4.79 Å². The first-order valence-corrected chi connectivity index (χ1v) is 6.20. The fourth-order valence-corrected chi connectivity index (χ4v) is 1.79. The Morgan fingerprint density at radius 1 is 1.39 bits per heavy atom. The van der Waals surface area contributed by atoms with E-state index in [0.29, 0.717) is 17.1 Å². The van der Waals surface area contributed by atoms with E-state index >= 15 is 0 Å². The molecule has 0 saturated heterocycles. The number of benzene rings is 1. The number of anilines is 1. The molecule has 0 fully saturated rings. The number of nitro groups is 1. The van der Waals surface area contributed by atoms with Gasteiger partial charge in [0, 0.05) is 11.6 Å². The van der Waals surface area contributed by atoms with Gasteiger partial charge >= 0.3 is 5.69 Å². The first kappa shape index (κ1) is 14.2. The molecule has 0 bridgehead atoms. The van der Waals surface area contributed by atoms with Gasteiger partial charge in [-0.25, -0.2) is 0 Å². The predicted octanol–water partition coefficient (Wildman–Crippen LogP) is 1.01. The molecule has 0 spiro atoms. The number of aromatic nitrogens is 4. The maximum Gasteiger partial charge on any atom is 0.310 e. The van der Waals surface area contributed by atoms with Crippen LogP contribution in [0.2, 0.25) is 0 Å². The van der Waals surface area contributed by atoms with Gasteiger partial charge in [-0.05, 0) is 34.7 Å². The summed E-state index contributed by atoms with van der Waals surface area (Å²) in [5.41, 5.74) is 5.56. The first-order chi connectivity index (χ1) is 11.0. The Morgan fingerprint density at radius 3 is 2.87 bits per heavy atom. The molecule has 0 radical (unpaired) electrons. The molecule has 3 N–H and O–H groups in total. The van der Waals surface area contributed by atoms with Gasteiger partial charge in [0.1, 0.15) is 11.5 Å². The molecule has 0 atom stereocenters. The van der Waals surface area contributed by atoms with Gasteiger partial charge in [-0.3, -0.25) is 10.1 Å². The van der Waals surface area contributed by atoms with Gasteiger partial charge in [-0.2, -0.15) is 5.10 Å². The summed E-state index contributed by atoms with van der Waals surface area (Å²) >= 11 is 0. The smallest absolute Gasteiger partial charge is 0.310 e. The Labute approximate surface area is 127 Å². The molecule has 23 heavy (non-hydrogen) atoms. The SMILES string of the molecule is Nc1nnnn1/N=C/c1ccc(-c2ccc([N+](=O)[O-])c(O)c2)o1. The van der Waals surface area contributed by atoms with Gasteiger partial charge in [-0.1, -0.05) is 9.89 Å². The molecule has 3 aromatic rings. The minimum absolute atomic E-state index is 0.0216. The lowest BCUT2D eigenvalue weighted by Crippen LogP contribution is -1.99. The second-order valence-electron chi connectivity index (χ2n) is 4.33. The summed E-state index contributed by atoms with van der Waals surface area (Å²) in [6.45, 7) is 0. The summed E-state index contributed by atoms with van der Waals surface area (Å²) in [5, 5.41) is 34.5. The van der Waals surface area contributed by atoms with Crippen molar-refractivity contribution in [2.24, 2.45) is 5.10 Å². The number of hydrogen-bond acceptors (Lipinski definition) is 9. The zero-order valence-electron chi connectivity index (χ0n) is 11.4. The lowest BCUT2D eigenvalue weighted by molar-refractivity contribution is -0.385. The number of nitrogen functional groups attached to an aromatic ring is 1. The summed E-state index contributed by atoms with van der Waals surface area (Å²) in [4.78, 5) is 11.0. The number of phenols is 1. The minimum Gasteiger partial charge on any atom is -0.502 e. The number of tetrazole rings is 1. The molecular weight excluding hydrogens is 306 g/mol. The van der Waals surface area contributed by atoms with Crippen LogP contribution in [0.4, 0.5) is 11.6 Å². The second kappa shape index (κ2) is 5.55. The number of nitro benzene ring substituents is 1. The van der Waals surface area contributed by atoms with Crippen LogP contribution >= 0.6 is 0 Å². The molecule has 116 valence electrons. The minimum atomic E-state index is -0.671. The van der Waals surface area contributed by atoms with Crippen LogP contribution in [-0.4, -0.2) is 36.6 Å². The highest BCUT2D eigenvalue weighted by Gasteiger charge is 2.15. The van der Waals surface area contributed by atoms with Crippen LogP contribution < -0.4 is 5.73 Å². The Hall–Kier alpha value is -3.76. The quantitative estimate of drug-likeness (QED) is 0.410. The Kier molecular flexibility index (Phi) is 3.43. The molecule has 0 unspecified atom stereocenters. The largest absolute Gasteiger partial charge is 0.502 e. The Balaban J connectivity index is 1.85. The number of nitrogens with zero attached hydrogens (tertiary/aromatic N) is 6. The maximum absolute atomic E-state index is 10.7. The van der Waals surface area contributed by atoms with Crippen molar-refractivity contribution in [2.75, 3.05) is 5.73 Å². The van der Waals surface area contributed by atoms with E-state index < -0.39 is 10.7 Å². The number of aromatic hydroxyl groups is 1. The molecule has 0 aliphatic heterocycles. The van der Waals surface area contributed by atoms with Gasteiger partial charge in [-0.15, -0.1) is 0 Å². The van der Waals surface area contributed by atoms with Crippen molar-refractivity contribution >= 4 is 17.9 Å². The fraction of sp³-hybridized carbons (Fsp3) is 0. The third-order valence-electron chi connectivity index (χ3n) is 2.85. The highest BCUT2D eigenvalue weighted by atomic mass is 16.6. The second-order valence-corrected chi connectivity index (χ2v) is 4.33. The van der Waals surface area contributed by atoms with E-state index in [-0.39, 0.29) is 11.6 Å². The van der Waals surface area contributed by atoms with Crippen LogP contribution in [-0.2, 0) is 0 Å². The third-order valence-corrected chi connectivity index (χ3v) is 2.85. The molecule has 2 heterocycles. The van der Waals surface area contributed by atoms with Crippen LogP contribution in [0.1, 0.15) is 5.76 Å². The lowest BCUT2D eigenvalue weighted by atomic mass is 10.1. The zero-order chi connectivity index (χ0) is 16.4. The number of furan rings is 1. The van der Waals surface area contributed by atoms with Crippen molar-refractivity contribution < 1.29 is 14.4 Å². The Bertz CT molecular complexity index is 898. The summed E-state index contributed by atoms with van der Waals surface area (Å²) in [6, 6.07) is 7.17. The number of rotatable bonds is 4. The monoisotopic (exact) mass is 315 g/mol. The van der Waals surface area contributed by atoms with E-state index in [9.17, 15) is 15.2 Å². The molecule has 0 aliphatic carbocycles. The topological polar surface area (TPSA) is 158 Å². The van der Waals surface area contributed by atoms with Crippen LogP contribution in [0, 0.1) is 10.1 Å². The van der Waals surface area contributed by atoms with Crippen LogP contribution in [0.25, 0.3) is 11.3 Å². The summed E-state index contributed by atoms with van der Waals surface area (Å²) in [7, 11) is 0. The van der Waals surface area contributed by atoms with Crippen LogP contribution in [0.15, 0.2) is 39.9 Å². The fourth-order valence-electron chi connectivity index (χ4n) is 1.79. The van der Waals surface area contributed by atoms with E-state index in [1.807, 2.05) is 0 Å². The standard InChI is InChI=1S/C12H9N7O4/c13-12-15-16-17-18(12)14-6-8-2-4-11(23-8)7-1-3-9(19(21)22)10(20)5-7/h1-6,20H,(H2,13,15,17)/b14-6+. The first-order valence-electron chi connectivity index (χ1n) is 6.20. The molecule has 1 aromatic carbocycles. The van der Waals surface area contributed by atoms with Gasteiger partial charge in [0.25, 0.3) is 5.95 Å². The van der Waals surface area contributed by atoms with Crippen LogP contribution in [0.3, 0.4) is 0 Å². The predicted molar refractivity (Wildman–Crippen MR) is 77.7 cm³/mol. The van der Waals surface area contributed by atoms with Crippen molar-refractivity contribution in [2.45, 2.75) is 0 Å². The highest BCUT2D eigenvalue weighted by Crippen LogP contribution is 2.31. The van der Waals surface area contributed by atoms with Gasteiger partial charge in [0.2, 0.25) is 0 Å². The lowest BCUT2D eigenvalue weighted by Gasteiger charge is -1.99. The summed E-state index contributed by atoms with van der Waals surface area (Å²) in [5.74, 6) is 0.364. The zero-order valence-corrected chi connectivity index (χ0v) is 11.4. The third kappa shape index (κ3) is 2.83. The molecule has 0 aliphatic rings. The van der Waals surface area contributed by atoms with E-state index in [2.05, 4.69) is 20.6 Å². The van der Waals surface area contributed by atoms with Crippen molar-refractivity contribution in [3.63, 3.8) is 0 Å². The van der Waals surface area contributed by atoms with Gasteiger partial charge < -0.3 is 15.3 Å². The van der Waals surface area contributed by atoms with E-state index in [1.165, 1.54) is 24.4 Å². The molecule has 11 nitrogen and oxygen atoms in total. The molecular formula is C12H9N7O4. The van der Waals surface area contributed by atoms with Crippen molar-refractivity contribution in [1.29, 1.82) is 0 Å². The van der Waals surface area contributed by atoms with Crippen LogP contribution in [0.5, 0.6) is 5.75 Å². The number of hydrogen-bond donors (Lipinski definition) is 2. The van der Waals surface area contributed by atoms with E-state index in [1.54, 1.807) is 12.1 Å². The van der Waals surface area contributed by atoms with Crippen molar-refractivity contribution in [3.05, 3.63) is 46.2 Å². The number of phenolic OH excluding ortho intramolecular Hbond substituents is 1. The van der Waals surface area contributed by atoms with Crippen molar-refractivity contribution in [1.82, 2.24) is 20.3 Å². The maximum atomic E-state index is 10.7. The van der Waals surface area contributed by atoms with E-state index in [4.69, 9.17) is 10.2 Å². The molecule has 11 heteroatoms. The normalized spacial score (nSPS) is 11.1. The highest BCUT2D eigenvalue weighted by molar-refractivity contribution is 5.77. The molecule has 3 rings (SSSR count). The summed E-state index contributed by atoms with van der Waals surface area (Å²) in [6.07, 6.45) is 1.35. The number of nitrogens with two attached hydrogens (primary N) is 1. The molecule has 2 aromatic heterocycles. The average Bonchev–Trinajstić information content (AvgIpc) is 3.13. The molecule has 0 amide bonds. The Morgan fingerprint density at radius 2 is 2.22 bits per heavy atom. The summed E-state index contributed by atoms with van der Waals surface area (Å²) < 4.78 is 5.51.